The highest BCUT2D eigenvalue weighted by molar-refractivity contribution is 5.85. The zero-order valence-electron chi connectivity index (χ0n) is 14.1. The first kappa shape index (κ1) is 20.4. The second-order valence-corrected chi connectivity index (χ2v) is 5.86. The largest absolute Gasteiger partial charge is 0.358 e. The van der Waals surface area contributed by atoms with Crippen LogP contribution in [0.1, 0.15) is 31.7 Å². The summed E-state index contributed by atoms with van der Waals surface area (Å²) in [6.07, 6.45) is 3.63. The summed E-state index contributed by atoms with van der Waals surface area (Å²) in [7, 11) is 8.50. The number of hydrogen-bond donors (Lipinski definition) is 0. The Kier molecular flexibility index (Phi) is 10.7. The van der Waals surface area contributed by atoms with E-state index in [0.717, 1.165) is 6.42 Å². The summed E-state index contributed by atoms with van der Waals surface area (Å²) in [6, 6.07) is 11.0. The van der Waals surface area contributed by atoms with Crippen molar-refractivity contribution < 1.29 is 4.74 Å². The van der Waals surface area contributed by atoms with Gasteiger partial charge in [-0.25, -0.2) is 0 Å². The van der Waals surface area contributed by atoms with Gasteiger partial charge in [0.05, 0.1) is 6.61 Å². The number of rotatable bonds is 9. The average Bonchev–Trinajstić information content (AvgIpc) is 2.42. The van der Waals surface area contributed by atoms with Crippen LogP contribution in [0.4, 0.5) is 0 Å². The summed E-state index contributed by atoms with van der Waals surface area (Å²) in [5.74, 6) is 0. The lowest BCUT2D eigenvalue weighted by Gasteiger charge is -2.32. The zero-order chi connectivity index (χ0) is 15.0. The van der Waals surface area contributed by atoms with Crippen LogP contribution in [-0.4, -0.2) is 50.3 Å². The molecule has 4 heteroatoms. The van der Waals surface area contributed by atoms with Crippen molar-refractivity contribution >= 4 is 12.4 Å². The zero-order valence-corrected chi connectivity index (χ0v) is 14.9. The van der Waals surface area contributed by atoms with Gasteiger partial charge in [-0.05, 0) is 40.2 Å². The predicted molar refractivity (Wildman–Crippen MR) is 93.0 cm³/mol. The number of benzene rings is 1. The van der Waals surface area contributed by atoms with Gasteiger partial charge in [-0.3, -0.25) is 4.90 Å². The van der Waals surface area contributed by atoms with E-state index in [9.17, 15) is 0 Å². The molecule has 0 heterocycles. The molecule has 1 aromatic carbocycles. The average molecular weight is 315 g/mol. The van der Waals surface area contributed by atoms with Crippen molar-refractivity contribution in [3.63, 3.8) is 0 Å². The standard InChI is InChI=1S/C17H30N2O.ClH/c1-6-10-16(18(2)3)13-17(19(4)5)20-14-15-11-8-7-9-12-15;/h7-9,11-12,16-17H,6,10,13-14H2,1-5H3;1H. The van der Waals surface area contributed by atoms with Gasteiger partial charge in [0.15, 0.2) is 0 Å². The van der Waals surface area contributed by atoms with Crippen molar-refractivity contribution in [2.45, 2.75) is 45.1 Å². The van der Waals surface area contributed by atoms with Crippen LogP contribution in [0, 0.1) is 0 Å². The first-order valence-corrected chi connectivity index (χ1v) is 7.53. The Hall–Kier alpha value is -0.610. The molecule has 0 amide bonds. The number of ether oxygens (including phenoxy) is 1. The van der Waals surface area contributed by atoms with Crippen LogP contribution < -0.4 is 0 Å². The maximum atomic E-state index is 6.12. The summed E-state index contributed by atoms with van der Waals surface area (Å²) in [5.41, 5.74) is 1.23. The van der Waals surface area contributed by atoms with E-state index in [1.165, 1.54) is 18.4 Å². The fourth-order valence-corrected chi connectivity index (χ4v) is 2.35. The fraction of sp³-hybridized carbons (Fsp3) is 0.647. The molecule has 2 atom stereocenters. The Morgan fingerprint density at radius 2 is 1.62 bits per heavy atom. The van der Waals surface area contributed by atoms with E-state index in [1.807, 2.05) is 6.07 Å². The molecule has 0 aliphatic heterocycles. The molecule has 0 fully saturated rings. The Morgan fingerprint density at radius 3 is 2.10 bits per heavy atom. The first-order valence-electron chi connectivity index (χ1n) is 7.53. The third-order valence-electron chi connectivity index (χ3n) is 3.69. The second kappa shape index (κ2) is 11.0. The molecule has 1 rings (SSSR count). The van der Waals surface area contributed by atoms with Crippen LogP contribution in [0.25, 0.3) is 0 Å². The van der Waals surface area contributed by atoms with Crippen molar-refractivity contribution in [1.82, 2.24) is 9.80 Å². The maximum Gasteiger partial charge on any atom is 0.112 e. The lowest BCUT2D eigenvalue weighted by Crippen LogP contribution is -2.39. The van der Waals surface area contributed by atoms with E-state index in [-0.39, 0.29) is 18.6 Å². The minimum atomic E-state index is 0. The quantitative estimate of drug-likeness (QED) is 0.647. The number of halogens is 1. The normalized spacial score (nSPS) is 14.0. The molecule has 21 heavy (non-hydrogen) atoms. The molecule has 3 nitrogen and oxygen atoms in total. The molecular weight excluding hydrogens is 284 g/mol. The van der Waals surface area contributed by atoms with Gasteiger partial charge >= 0.3 is 0 Å². The molecule has 0 saturated carbocycles. The Morgan fingerprint density at radius 1 is 1.00 bits per heavy atom. The molecule has 0 N–H and O–H groups in total. The number of nitrogens with zero attached hydrogens (tertiary/aromatic N) is 2. The van der Waals surface area contributed by atoms with Gasteiger partial charge < -0.3 is 9.64 Å². The van der Waals surface area contributed by atoms with Gasteiger partial charge in [-0.1, -0.05) is 43.7 Å². The summed E-state index contributed by atoms with van der Waals surface area (Å²) in [5, 5.41) is 0. The Balaban J connectivity index is 0.00000400. The van der Waals surface area contributed by atoms with E-state index in [0.29, 0.717) is 12.6 Å². The molecule has 2 unspecified atom stereocenters. The minimum absolute atomic E-state index is 0. The van der Waals surface area contributed by atoms with Crippen LogP contribution in [0.2, 0.25) is 0 Å². The third kappa shape index (κ3) is 7.82. The van der Waals surface area contributed by atoms with Crippen molar-refractivity contribution in [3.05, 3.63) is 35.9 Å². The van der Waals surface area contributed by atoms with Crippen LogP contribution >= 0.6 is 12.4 Å². The van der Waals surface area contributed by atoms with Gasteiger partial charge in [0, 0.05) is 12.5 Å². The van der Waals surface area contributed by atoms with Crippen LogP contribution in [0.3, 0.4) is 0 Å². The molecule has 1 aromatic rings. The van der Waals surface area contributed by atoms with E-state index in [1.54, 1.807) is 0 Å². The van der Waals surface area contributed by atoms with Crippen LogP contribution in [-0.2, 0) is 11.3 Å². The Labute approximate surface area is 136 Å². The van der Waals surface area contributed by atoms with Crippen molar-refractivity contribution in [1.29, 1.82) is 0 Å². The van der Waals surface area contributed by atoms with Gasteiger partial charge in [0.1, 0.15) is 6.23 Å². The lowest BCUT2D eigenvalue weighted by molar-refractivity contribution is -0.0624. The highest BCUT2D eigenvalue weighted by atomic mass is 35.5. The summed E-state index contributed by atoms with van der Waals surface area (Å²) < 4.78 is 6.12. The van der Waals surface area contributed by atoms with E-state index < -0.39 is 0 Å². The molecule has 0 aliphatic carbocycles. The van der Waals surface area contributed by atoms with E-state index in [2.05, 4.69) is 69.2 Å². The monoisotopic (exact) mass is 314 g/mol. The van der Waals surface area contributed by atoms with Crippen molar-refractivity contribution in [2.24, 2.45) is 0 Å². The molecule has 0 bridgehead atoms. The predicted octanol–water partition coefficient (Wildman–Crippen LogP) is 3.63. The molecule has 0 saturated heterocycles. The van der Waals surface area contributed by atoms with Crippen molar-refractivity contribution in [2.75, 3.05) is 28.2 Å². The minimum Gasteiger partial charge on any atom is -0.358 e. The first-order chi connectivity index (χ1) is 9.54. The fourth-order valence-electron chi connectivity index (χ4n) is 2.35. The molecule has 0 spiro atoms. The van der Waals surface area contributed by atoms with Crippen LogP contribution in [0.15, 0.2) is 30.3 Å². The maximum absolute atomic E-state index is 6.12. The smallest absolute Gasteiger partial charge is 0.112 e. The third-order valence-corrected chi connectivity index (χ3v) is 3.69. The van der Waals surface area contributed by atoms with Gasteiger partial charge in [-0.15, -0.1) is 12.4 Å². The second-order valence-electron chi connectivity index (χ2n) is 5.86. The van der Waals surface area contributed by atoms with Gasteiger partial charge in [0.2, 0.25) is 0 Å². The SMILES string of the molecule is CCCC(CC(OCc1ccccc1)N(C)C)N(C)C.Cl. The van der Waals surface area contributed by atoms with Crippen molar-refractivity contribution in [3.8, 4) is 0 Å². The van der Waals surface area contributed by atoms with Gasteiger partial charge in [-0.2, -0.15) is 0 Å². The lowest BCUT2D eigenvalue weighted by atomic mass is 10.1. The topological polar surface area (TPSA) is 15.7 Å². The highest BCUT2D eigenvalue weighted by Crippen LogP contribution is 2.15. The van der Waals surface area contributed by atoms with E-state index >= 15 is 0 Å². The molecule has 0 radical (unpaired) electrons. The summed E-state index contributed by atoms with van der Waals surface area (Å²) >= 11 is 0. The van der Waals surface area contributed by atoms with E-state index in [4.69, 9.17) is 4.74 Å². The molecule has 0 aromatic heterocycles. The molecule has 0 aliphatic rings. The van der Waals surface area contributed by atoms with Crippen LogP contribution in [0.5, 0.6) is 0 Å². The molecular formula is C17H31ClN2O. The summed E-state index contributed by atoms with van der Waals surface area (Å²) in [6.45, 7) is 2.92. The highest BCUT2D eigenvalue weighted by Gasteiger charge is 2.20. The Bertz CT molecular complexity index is 357. The molecule has 122 valence electrons. The number of hydrogen-bond acceptors (Lipinski definition) is 3. The summed E-state index contributed by atoms with van der Waals surface area (Å²) in [4.78, 5) is 4.49. The van der Waals surface area contributed by atoms with Gasteiger partial charge in [0.25, 0.3) is 0 Å².